The third-order valence-corrected chi connectivity index (χ3v) is 4.22. The summed E-state index contributed by atoms with van der Waals surface area (Å²) in [6.45, 7) is 2.96. The minimum atomic E-state index is -0.213. The van der Waals surface area contributed by atoms with Crippen LogP contribution >= 0.6 is 0 Å². The van der Waals surface area contributed by atoms with E-state index in [1.807, 2.05) is 0 Å². The molecule has 12 heavy (non-hydrogen) atoms. The Bertz CT molecular complexity index is 132. The van der Waals surface area contributed by atoms with E-state index in [9.17, 15) is 5.11 Å². The highest BCUT2D eigenvalue weighted by atomic mass is 28.1. The topological polar surface area (TPSA) is 29.5 Å². The molecule has 0 amide bonds. The van der Waals surface area contributed by atoms with Crippen molar-refractivity contribution >= 4 is 10.2 Å². The molecule has 0 radical (unpaired) electrons. The molecule has 1 rings (SSSR count). The molecule has 0 aromatic heterocycles. The fourth-order valence-corrected chi connectivity index (χ4v) is 2.64. The molecule has 1 aliphatic rings. The van der Waals surface area contributed by atoms with Gasteiger partial charge < -0.3 is 9.84 Å². The number of rotatable bonds is 3. The number of hydrogen-bond acceptors (Lipinski definition) is 2. The molecule has 2 unspecified atom stereocenters. The molecule has 0 bridgehead atoms. The predicted octanol–water partition coefficient (Wildman–Crippen LogP) is 0.410. The molecule has 0 aromatic carbocycles. The average molecular weight is 188 g/mol. The second-order valence-electron chi connectivity index (χ2n) is 3.92. The lowest BCUT2D eigenvalue weighted by molar-refractivity contribution is -0.0953. The maximum atomic E-state index is 9.84. The van der Waals surface area contributed by atoms with E-state index in [0.29, 0.717) is 0 Å². The summed E-state index contributed by atoms with van der Waals surface area (Å²) in [6, 6.07) is 0. The predicted molar refractivity (Wildman–Crippen MR) is 53.4 cm³/mol. The van der Waals surface area contributed by atoms with Gasteiger partial charge in [-0.2, -0.15) is 0 Å². The monoisotopic (exact) mass is 188 g/mol. The SMILES string of the molecule is CCCC(O)C1([SiH3])CCCCO1. The van der Waals surface area contributed by atoms with E-state index in [1.54, 1.807) is 0 Å². The summed E-state index contributed by atoms with van der Waals surface area (Å²) in [5, 5.41) is 9.73. The maximum absolute atomic E-state index is 9.84. The standard InChI is InChI=1S/C9H20O2Si/c1-2-5-8(10)9(12)6-3-4-7-11-9/h8,10H,2-7H2,1,12H3. The molecule has 0 saturated carbocycles. The van der Waals surface area contributed by atoms with Crippen LogP contribution in [0.2, 0.25) is 0 Å². The molecule has 0 spiro atoms. The van der Waals surface area contributed by atoms with Crippen LogP contribution in [0.5, 0.6) is 0 Å². The molecule has 1 saturated heterocycles. The molecule has 3 heteroatoms. The summed E-state index contributed by atoms with van der Waals surface area (Å²) in [4.78, 5) is 0. The molecule has 1 fully saturated rings. The lowest BCUT2D eigenvalue weighted by Crippen LogP contribution is -2.47. The Morgan fingerprint density at radius 2 is 2.33 bits per heavy atom. The Kier molecular flexibility index (Phi) is 3.74. The molecular formula is C9H20O2Si. The lowest BCUT2D eigenvalue weighted by Gasteiger charge is -2.38. The smallest absolute Gasteiger partial charge is 0.0789 e. The second-order valence-corrected chi connectivity index (χ2v) is 5.62. The number of ether oxygens (including phenoxy) is 1. The maximum Gasteiger partial charge on any atom is 0.0789 e. The van der Waals surface area contributed by atoms with Gasteiger partial charge in [0.25, 0.3) is 0 Å². The summed E-state index contributed by atoms with van der Waals surface area (Å²) < 4.78 is 5.69. The van der Waals surface area contributed by atoms with Crippen LogP contribution in [-0.4, -0.2) is 33.3 Å². The van der Waals surface area contributed by atoms with Crippen LogP contribution in [-0.2, 0) is 4.74 Å². The van der Waals surface area contributed by atoms with Crippen molar-refractivity contribution in [2.75, 3.05) is 6.61 Å². The van der Waals surface area contributed by atoms with Gasteiger partial charge in [0.2, 0.25) is 0 Å². The third kappa shape index (κ3) is 2.31. The fourth-order valence-electron chi connectivity index (χ4n) is 1.80. The zero-order valence-electron chi connectivity index (χ0n) is 8.18. The van der Waals surface area contributed by atoms with E-state index in [0.717, 1.165) is 36.1 Å². The minimum Gasteiger partial charge on any atom is -0.391 e. The zero-order chi connectivity index (χ0) is 9.03. The zero-order valence-corrected chi connectivity index (χ0v) is 10.2. The van der Waals surface area contributed by atoms with E-state index >= 15 is 0 Å². The van der Waals surface area contributed by atoms with Crippen LogP contribution in [0.3, 0.4) is 0 Å². The summed E-state index contributed by atoms with van der Waals surface area (Å²) in [5.41, 5.74) is 0. The van der Waals surface area contributed by atoms with Gasteiger partial charge in [0.15, 0.2) is 0 Å². The van der Waals surface area contributed by atoms with Gasteiger partial charge in [0.1, 0.15) is 0 Å². The van der Waals surface area contributed by atoms with Crippen molar-refractivity contribution < 1.29 is 9.84 Å². The first-order valence-corrected chi connectivity index (χ1v) is 6.01. The largest absolute Gasteiger partial charge is 0.391 e. The molecule has 1 heterocycles. The van der Waals surface area contributed by atoms with Crippen molar-refractivity contribution in [1.29, 1.82) is 0 Å². The van der Waals surface area contributed by atoms with Gasteiger partial charge in [-0.05, 0) is 25.7 Å². The Hall–Kier alpha value is 0.137. The van der Waals surface area contributed by atoms with E-state index in [2.05, 4.69) is 6.92 Å². The summed E-state index contributed by atoms with van der Waals surface area (Å²) in [7, 11) is 0.956. The van der Waals surface area contributed by atoms with Crippen molar-refractivity contribution in [2.45, 2.75) is 50.4 Å². The summed E-state index contributed by atoms with van der Waals surface area (Å²) in [6.07, 6.45) is 5.19. The van der Waals surface area contributed by atoms with Crippen LogP contribution < -0.4 is 0 Å². The second kappa shape index (κ2) is 4.39. The van der Waals surface area contributed by atoms with Gasteiger partial charge in [0, 0.05) is 16.8 Å². The van der Waals surface area contributed by atoms with Crippen LogP contribution in [0.4, 0.5) is 0 Å². The molecule has 72 valence electrons. The number of hydrogen-bond donors (Lipinski definition) is 1. The Morgan fingerprint density at radius 1 is 1.58 bits per heavy atom. The fraction of sp³-hybridized carbons (Fsp3) is 1.00. The van der Waals surface area contributed by atoms with Crippen molar-refractivity contribution in [3.63, 3.8) is 0 Å². The molecule has 0 aromatic rings. The van der Waals surface area contributed by atoms with Crippen molar-refractivity contribution in [3.8, 4) is 0 Å². The van der Waals surface area contributed by atoms with Gasteiger partial charge in [0.05, 0.1) is 11.3 Å². The van der Waals surface area contributed by atoms with Crippen LogP contribution in [0, 0.1) is 0 Å². The Labute approximate surface area is 77.7 Å². The van der Waals surface area contributed by atoms with Crippen molar-refractivity contribution in [1.82, 2.24) is 0 Å². The van der Waals surface area contributed by atoms with Crippen LogP contribution in [0.25, 0.3) is 0 Å². The van der Waals surface area contributed by atoms with Crippen LogP contribution in [0.1, 0.15) is 39.0 Å². The first-order chi connectivity index (χ1) is 5.69. The molecule has 1 N–H and O–H groups in total. The molecule has 2 nitrogen and oxygen atoms in total. The lowest BCUT2D eigenvalue weighted by atomic mass is 10.00. The highest BCUT2D eigenvalue weighted by molar-refractivity contribution is 6.15. The van der Waals surface area contributed by atoms with E-state index in [1.165, 1.54) is 12.8 Å². The quantitative estimate of drug-likeness (QED) is 0.650. The van der Waals surface area contributed by atoms with Crippen molar-refractivity contribution in [2.24, 2.45) is 0 Å². The molecule has 2 atom stereocenters. The van der Waals surface area contributed by atoms with Gasteiger partial charge in [-0.3, -0.25) is 0 Å². The highest BCUT2D eigenvalue weighted by Gasteiger charge is 2.34. The average Bonchev–Trinajstić information content (AvgIpc) is 2.06. The van der Waals surface area contributed by atoms with E-state index in [4.69, 9.17) is 4.74 Å². The molecular weight excluding hydrogens is 168 g/mol. The normalized spacial score (nSPS) is 33.5. The Morgan fingerprint density at radius 3 is 2.83 bits per heavy atom. The van der Waals surface area contributed by atoms with Crippen molar-refractivity contribution in [3.05, 3.63) is 0 Å². The van der Waals surface area contributed by atoms with E-state index < -0.39 is 0 Å². The van der Waals surface area contributed by atoms with Gasteiger partial charge in [-0.25, -0.2) is 0 Å². The highest BCUT2D eigenvalue weighted by Crippen LogP contribution is 2.27. The first-order valence-electron chi connectivity index (χ1n) is 5.01. The van der Waals surface area contributed by atoms with E-state index in [-0.39, 0.29) is 11.3 Å². The Balaban J connectivity index is 2.44. The first kappa shape index (κ1) is 10.2. The summed E-state index contributed by atoms with van der Waals surface area (Å²) in [5.74, 6) is 0. The molecule has 0 aliphatic carbocycles. The number of aliphatic hydroxyl groups excluding tert-OH is 1. The molecule has 1 aliphatic heterocycles. The number of aliphatic hydroxyl groups is 1. The van der Waals surface area contributed by atoms with Gasteiger partial charge >= 0.3 is 0 Å². The third-order valence-electron chi connectivity index (χ3n) is 2.77. The summed E-state index contributed by atoms with van der Waals surface area (Å²) >= 11 is 0. The van der Waals surface area contributed by atoms with Gasteiger partial charge in [-0.1, -0.05) is 13.3 Å². The van der Waals surface area contributed by atoms with Gasteiger partial charge in [-0.15, -0.1) is 0 Å². The van der Waals surface area contributed by atoms with Crippen LogP contribution in [0.15, 0.2) is 0 Å². The minimum absolute atomic E-state index is 0.117.